The van der Waals surface area contributed by atoms with Crippen LogP contribution in [-0.4, -0.2) is 24.3 Å². The third-order valence-electron chi connectivity index (χ3n) is 4.98. The third-order valence-corrected chi connectivity index (χ3v) is 4.98. The number of ether oxygens (including phenoxy) is 2. The second-order valence-electron chi connectivity index (χ2n) is 8.70. The van der Waals surface area contributed by atoms with E-state index < -0.39 is 6.29 Å². The molecule has 0 fully saturated rings. The van der Waals surface area contributed by atoms with Crippen molar-refractivity contribution in [2.45, 2.75) is 98.4 Å². The molecule has 3 nitrogen and oxygen atoms in total. The second kappa shape index (κ2) is 9.72. The van der Waals surface area contributed by atoms with E-state index in [1.165, 1.54) is 38.5 Å². The Hall–Kier alpha value is -0.670. The van der Waals surface area contributed by atoms with Crippen LogP contribution in [0.3, 0.4) is 0 Å². The molecular weight excluding hydrogens is 300 g/mol. The molecule has 0 radical (unpaired) electrons. The van der Waals surface area contributed by atoms with Crippen LogP contribution in [0.15, 0.2) is 12.2 Å². The Balaban J connectivity index is 2.58. The summed E-state index contributed by atoms with van der Waals surface area (Å²) >= 11 is 0. The summed E-state index contributed by atoms with van der Waals surface area (Å²) < 4.78 is 11.8. The first-order chi connectivity index (χ1) is 11.2. The van der Waals surface area contributed by atoms with Crippen molar-refractivity contribution in [3.63, 3.8) is 0 Å². The summed E-state index contributed by atoms with van der Waals surface area (Å²) in [6.07, 6.45) is 11.9. The van der Waals surface area contributed by atoms with Crippen LogP contribution in [0.1, 0.15) is 86.5 Å². The summed E-state index contributed by atoms with van der Waals surface area (Å²) in [6.45, 7) is 13.6. The predicted octanol–water partition coefficient (Wildman–Crippen LogP) is 5.68. The Morgan fingerprint density at radius 2 is 1.75 bits per heavy atom. The van der Waals surface area contributed by atoms with Crippen molar-refractivity contribution in [2.75, 3.05) is 6.61 Å². The molecule has 1 aliphatic rings. The highest BCUT2D eigenvalue weighted by Crippen LogP contribution is 2.41. The van der Waals surface area contributed by atoms with Gasteiger partial charge >= 0.3 is 0 Å². The molecule has 0 aromatic rings. The van der Waals surface area contributed by atoms with E-state index in [9.17, 15) is 4.79 Å². The fourth-order valence-electron chi connectivity index (χ4n) is 3.86. The van der Waals surface area contributed by atoms with Gasteiger partial charge in [-0.15, -0.1) is 0 Å². The number of carbonyl (C=O) groups is 1. The van der Waals surface area contributed by atoms with Gasteiger partial charge in [-0.3, -0.25) is 4.79 Å². The normalized spacial score (nSPS) is 20.4. The molecule has 0 spiro atoms. The Morgan fingerprint density at radius 1 is 1.12 bits per heavy atom. The summed E-state index contributed by atoms with van der Waals surface area (Å²) in [5.41, 5.74) is -0.127. The van der Waals surface area contributed by atoms with Crippen LogP contribution in [0.4, 0.5) is 0 Å². The molecule has 0 bridgehead atoms. The standard InChI is InChI=1S/C21H38O3/c1-7-8-9-10-11-12-13-18(20(2,3)4)21(5,6)24-19-15-14-17(22)16-23-19/h14-15,18-19H,7-13,16H2,1-6H3. The lowest BCUT2D eigenvalue weighted by Crippen LogP contribution is -2.45. The zero-order valence-corrected chi connectivity index (χ0v) is 16.7. The number of unbranched alkanes of at least 4 members (excludes halogenated alkanes) is 5. The van der Waals surface area contributed by atoms with E-state index in [4.69, 9.17) is 9.47 Å². The maximum absolute atomic E-state index is 11.2. The first-order valence-corrected chi connectivity index (χ1v) is 9.67. The van der Waals surface area contributed by atoms with E-state index in [0.717, 1.165) is 6.42 Å². The minimum Gasteiger partial charge on any atom is -0.343 e. The van der Waals surface area contributed by atoms with Crippen molar-refractivity contribution in [2.24, 2.45) is 11.3 Å². The van der Waals surface area contributed by atoms with Crippen molar-refractivity contribution >= 4 is 5.78 Å². The first-order valence-electron chi connectivity index (χ1n) is 9.67. The van der Waals surface area contributed by atoms with Gasteiger partial charge in [0.15, 0.2) is 12.1 Å². The quantitative estimate of drug-likeness (QED) is 0.481. The molecule has 1 aliphatic heterocycles. The highest BCUT2D eigenvalue weighted by atomic mass is 16.7. The van der Waals surface area contributed by atoms with Crippen LogP contribution in [0, 0.1) is 11.3 Å². The summed E-state index contributed by atoms with van der Waals surface area (Å²) in [6, 6.07) is 0. The minimum atomic E-state index is -0.410. The predicted molar refractivity (Wildman–Crippen MR) is 100.0 cm³/mol. The number of carbonyl (C=O) groups excluding carboxylic acids is 1. The largest absolute Gasteiger partial charge is 0.343 e. The minimum absolute atomic E-state index is 0.00658. The highest BCUT2D eigenvalue weighted by molar-refractivity contribution is 5.91. The molecule has 140 valence electrons. The molecule has 0 saturated carbocycles. The van der Waals surface area contributed by atoms with Crippen LogP contribution < -0.4 is 0 Å². The van der Waals surface area contributed by atoms with Crippen molar-refractivity contribution in [1.29, 1.82) is 0 Å². The molecular formula is C21H38O3. The molecule has 2 unspecified atom stereocenters. The number of ketones is 1. The van der Waals surface area contributed by atoms with Gasteiger partial charge in [0.25, 0.3) is 0 Å². The molecule has 1 heterocycles. The summed E-state index contributed by atoms with van der Waals surface area (Å²) in [5, 5.41) is 0. The fraction of sp³-hybridized carbons (Fsp3) is 0.857. The molecule has 0 aliphatic carbocycles. The molecule has 0 amide bonds. The average molecular weight is 339 g/mol. The van der Waals surface area contributed by atoms with Gasteiger partial charge in [-0.1, -0.05) is 66.2 Å². The van der Waals surface area contributed by atoms with E-state index in [2.05, 4.69) is 41.5 Å². The van der Waals surface area contributed by atoms with E-state index in [1.807, 2.05) is 0 Å². The topological polar surface area (TPSA) is 35.5 Å². The first kappa shape index (κ1) is 21.4. The number of hydrogen-bond acceptors (Lipinski definition) is 3. The van der Waals surface area contributed by atoms with Gasteiger partial charge < -0.3 is 9.47 Å². The monoisotopic (exact) mass is 338 g/mol. The average Bonchev–Trinajstić information content (AvgIpc) is 2.47. The lowest BCUT2D eigenvalue weighted by Gasteiger charge is -2.44. The van der Waals surface area contributed by atoms with E-state index in [-0.39, 0.29) is 23.4 Å². The van der Waals surface area contributed by atoms with Gasteiger partial charge in [-0.05, 0) is 43.8 Å². The van der Waals surface area contributed by atoms with E-state index in [0.29, 0.717) is 5.92 Å². The number of rotatable bonds is 10. The van der Waals surface area contributed by atoms with Crippen molar-refractivity contribution in [1.82, 2.24) is 0 Å². The number of hydrogen-bond donors (Lipinski definition) is 0. The maximum atomic E-state index is 11.2. The van der Waals surface area contributed by atoms with Crippen LogP contribution in [0.25, 0.3) is 0 Å². The lowest BCUT2D eigenvalue weighted by molar-refractivity contribution is -0.207. The Kier molecular flexibility index (Phi) is 8.66. The SMILES string of the molecule is CCCCCCCCC(C(C)(C)C)C(C)(C)OC1C=CC(=O)CO1. The van der Waals surface area contributed by atoms with Crippen LogP contribution in [0.5, 0.6) is 0 Å². The Bertz CT molecular complexity index is 404. The summed E-state index contributed by atoms with van der Waals surface area (Å²) in [7, 11) is 0. The molecule has 0 N–H and O–H groups in total. The fourth-order valence-corrected chi connectivity index (χ4v) is 3.86. The summed E-state index contributed by atoms with van der Waals surface area (Å²) in [5.74, 6) is 0.443. The van der Waals surface area contributed by atoms with Gasteiger partial charge in [0.2, 0.25) is 0 Å². The molecule has 24 heavy (non-hydrogen) atoms. The van der Waals surface area contributed by atoms with Crippen LogP contribution >= 0.6 is 0 Å². The molecule has 1 rings (SSSR count). The molecule has 0 aromatic carbocycles. The zero-order chi connectivity index (χ0) is 18.2. The molecule has 0 aromatic heterocycles. The lowest BCUT2D eigenvalue weighted by atomic mass is 9.69. The van der Waals surface area contributed by atoms with Crippen molar-refractivity contribution < 1.29 is 14.3 Å². The maximum Gasteiger partial charge on any atom is 0.181 e. The van der Waals surface area contributed by atoms with Gasteiger partial charge in [-0.2, -0.15) is 0 Å². The summed E-state index contributed by atoms with van der Waals surface area (Å²) in [4.78, 5) is 11.2. The van der Waals surface area contributed by atoms with Crippen LogP contribution in [-0.2, 0) is 14.3 Å². The molecule has 2 atom stereocenters. The van der Waals surface area contributed by atoms with E-state index in [1.54, 1.807) is 12.2 Å². The van der Waals surface area contributed by atoms with Gasteiger partial charge in [0, 0.05) is 0 Å². The zero-order valence-electron chi connectivity index (χ0n) is 16.7. The molecule has 3 heteroatoms. The van der Waals surface area contributed by atoms with Gasteiger partial charge in [0.1, 0.15) is 6.61 Å². The smallest absolute Gasteiger partial charge is 0.181 e. The van der Waals surface area contributed by atoms with Crippen molar-refractivity contribution in [3.05, 3.63) is 12.2 Å². The van der Waals surface area contributed by atoms with Crippen LogP contribution in [0.2, 0.25) is 0 Å². The molecule has 0 saturated heterocycles. The van der Waals surface area contributed by atoms with Crippen molar-refractivity contribution in [3.8, 4) is 0 Å². The van der Waals surface area contributed by atoms with Gasteiger partial charge in [0.05, 0.1) is 5.60 Å². The Labute approximate surface area is 149 Å². The van der Waals surface area contributed by atoms with Gasteiger partial charge in [-0.25, -0.2) is 0 Å². The second-order valence-corrected chi connectivity index (χ2v) is 8.70. The van der Waals surface area contributed by atoms with E-state index >= 15 is 0 Å². The highest BCUT2D eigenvalue weighted by Gasteiger charge is 2.40. The Morgan fingerprint density at radius 3 is 2.29 bits per heavy atom. The third kappa shape index (κ3) is 7.48.